The summed E-state index contributed by atoms with van der Waals surface area (Å²) in [5, 5.41) is 10.9. The van der Waals surface area contributed by atoms with Gasteiger partial charge in [-0.2, -0.15) is 0 Å². The summed E-state index contributed by atoms with van der Waals surface area (Å²) in [4.78, 5) is 27.7. The molecule has 1 aliphatic heterocycles. The molecule has 1 atom stereocenters. The van der Waals surface area contributed by atoms with Gasteiger partial charge < -0.3 is 14.7 Å². The summed E-state index contributed by atoms with van der Waals surface area (Å²) >= 11 is 6.01. The minimum Gasteiger partial charge on any atom is -0.479 e. The molecule has 1 aliphatic rings. The summed E-state index contributed by atoms with van der Waals surface area (Å²) in [5.41, 5.74) is 7.37. The van der Waals surface area contributed by atoms with Gasteiger partial charge >= 0.3 is 5.97 Å². The number of carbonyl (C=O) groups is 2. The highest BCUT2D eigenvalue weighted by Gasteiger charge is 2.36. The second-order valence-corrected chi connectivity index (χ2v) is 10.9. The maximum atomic E-state index is 13.3. The number of nitrogens with zero attached hydrogens (tertiary/aromatic N) is 1. The molecular formula is C30H32ClNO4. The Hall–Kier alpha value is -3.15. The molecule has 0 saturated heterocycles. The van der Waals surface area contributed by atoms with Crippen molar-refractivity contribution in [3.05, 3.63) is 92.5 Å². The summed E-state index contributed by atoms with van der Waals surface area (Å²) in [6, 6.07) is 15.0. The Bertz CT molecular complexity index is 1320. The predicted octanol–water partition coefficient (Wildman–Crippen LogP) is 7.03. The smallest absolute Gasteiger partial charge is 0.337 e. The molecule has 3 aromatic rings. The molecule has 0 fully saturated rings. The van der Waals surface area contributed by atoms with Crippen LogP contribution in [0.4, 0.5) is 0 Å². The van der Waals surface area contributed by atoms with Gasteiger partial charge in [-0.1, -0.05) is 41.4 Å². The van der Waals surface area contributed by atoms with Crippen LogP contribution in [-0.4, -0.2) is 27.5 Å². The molecule has 1 unspecified atom stereocenters. The van der Waals surface area contributed by atoms with E-state index in [2.05, 4.69) is 0 Å². The summed E-state index contributed by atoms with van der Waals surface area (Å²) in [7, 11) is 0. The molecule has 6 heteroatoms. The highest BCUT2D eigenvalue weighted by molar-refractivity contribution is 6.30. The SMILES string of the molecule is Cc1ccc(-c2c(C)c3c(c(C)c2C(OC(C)(C)C)C(=O)O)CN(C(=O)c2ccc(Cl)cc2)C3)cc1. The number of carboxylic acids is 1. The zero-order valence-electron chi connectivity index (χ0n) is 21.6. The van der Waals surface area contributed by atoms with E-state index in [-0.39, 0.29) is 5.91 Å². The van der Waals surface area contributed by atoms with E-state index in [9.17, 15) is 14.7 Å². The zero-order chi connectivity index (χ0) is 26.4. The number of hydrogen-bond acceptors (Lipinski definition) is 3. The Morgan fingerprint density at radius 3 is 2.00 bits per heavy atom. The second-order valence-electron chi connectivity index (χ2n) is 10.5. The zero-order valence-corrected chi connectivity index (χ0v) is 22.4. The van der Waals surface area contributed by atoms with Gasteiger partial charge in [0.2, 0.25) is 0 Å². The number of aryl methyl sites for hydroxylation is 1. The number of carboxylic acid groups (broad SMARTS) is 1. The van der Waals surface area contributed by atoms with Gasteiger partial charge in [0.15, 0.2) is 6.10 Å². The van der Waals surface area contributed by atoms with Crippen LogP contribution in [0.15, 0.2) is 48.5 Å². The van der Waals surface area contributed by atoms with Crippen LogP contribution >= 0.6 is 11.6 Å². The maximum Gasteiger partial charge on any atom is 0.337 e. The van der Waals surface area contributed by atoms with Gasteiger partial charge in [0.25, 0.3) is 5.91 Å². The minimum absolute atomic E-state index is 0.0826. The number of aliphatic carboxylic acids is 1. The average Bonchev–Trinajstić information content (AvgIpc) is 3.26. The van der Waals surface area contributed by atoms with Crippen LogP contribution in [0.5, 0.6) is 0 Å². The van der Waals surface area contributed by atoms with E-state index >= 15 is 0 Å². The lowest BCUT2D eigenvalue weighted by Gasteiger charge is -2.29. The Morgan fingerprint density at radius 1 is 0.917 bits per heavy atom. The lowest BCUT2D eigenvalue weighted by atomic mass is 9.83. The van der Waals surface area contributed by atoms with E-state index in [1.807, 2.05) is 65.8 Å². The molecule has 1 amide bonds. The fraction of sp³-hybridized carbons (Fsp3) is 0.333. The molecule has 0 saturated carbocycles. The number of ether oxygens (including phenoxy) is 1. The Morgan fingerprint density at radius 2 is 1.47 bits per heavy atom. The van der Waals surface area contributed by atoms with Gasteiger partial charge in [0, 0.05) is 29.2 Å². The van der Waals surface area contributed by atoms with Gasteiger partial charge in [0.05, 0.1) is 5.60 Å². The number of halogens is 1. The number of benzene rings is 3. The number of fused-ring (bicyclic) bond motifs is 1. The van der Waals surface area contributed by atoms with Crippen molar-refractivity contribution in [2.24, 2.45) is 0 Å². The van der Waals surface area contributed by atoms with E-state index in [1.54, 1.807) is 29.2 Å². The van der Waals surface area contributed by atoms with Crippen molar-refractivity contribution in [1.82, 2.24) is 4.90 Å². The molecule has 0 aromatic heterocycles. The van der Waals surface area contributed by atoms with Crippen molar-refractivity contribution in [2.45, 2.75) is 66.3 Å². The normalized spacial score (nSPS) is 14.0. The fourth-order valence-electron chi connectivity index (χ4n) is 4.95. The first-order chi connectivity index (χ1) is 16.9. The highest BCUT2D eigenvalue weighted by Crippen LogP contribution is 2.43. The molecule has 5 nitrogen and oxygen atoms in total. The van der Waals surface area contributed by atoms with Crippen LogP contribution in [-0.2, 0) is 22.6 Å². The van der Waals surface area contributed by atoms with Crippen LogP contribution in [0, 0.1) is 20.8 Å². The average molecular weight is 506 g/mol. The number of rotatable bonds is 5. The topological polar surface area (TPSA) is 66.8 Å². The van der Waals surface area contributed by atoms with E-state index in [0.717, 1.165) is 38.9 Å². The second kappa shape index (κ2) is 9.72. The first-order valence-corrected chi connectivity index (χ1v) is 12.4. The lowest BCUT2D eigenvalue weighted by molar-refractivity contribution is -0.160. The van der Waals surface area contributed by atoms with E-state index in [4.69, 9.17) is 16.3 Å². The highest BCUT2D eigenvalue weighted by atomic mass is 35.5. The van der Waals surface area contributed by atoms with Gasteiger partial charge in [0.1, 0.15) is 0 Å². The summed E-state index contributed by atoms with van der Waals surface area (Å²) in [5.74, 6) is -1.12. The summed E-state index contributed by atoms with van der Waals surface area (Å²) < 4.78 is 6.13. The van der Waals surface area contributed by atoms with Crippen LogP contribution in [0.3, 0.4) is 0 Å². The van der Waals surface area contributed by atoms with Crippen LogP contribution in [0.25, 0.3) is 11.1 Å². The fourth-order valence-corrected chi connectivity index (χ4v) is 5.07. The lowest BCUT2D eigenvalue weighted by Crippen LogP contribution is -2.28. The van der Waals surface area contributed by atoms with E-state index in [1.165, 1.54) is 0 Å². The molecule has 0 aliphatic carbocycles. The van der Waals surface area contributed by atoms with Crippen molar-refractivity contribution < 1.29 is 19.4 Å². The van der Waals surface area contributed by atoms with E-state index < -0.39 is 17.7 Å². The van der Waals surface area contributed by atoms with Crippen molar-refractivity contribution >= 4 is 23.5 Å². The first-order valence-electron chi connectivity index (χ1n) is 12.0. The van der Waals surface area contributed by atoms with Gasteiger partial charge in [-0.15, -0.1) is 0 Å². The monoisotopic (exact) mass is 505 g/mol. The Balaban J connectivity index is 1.88. The van der Waals surface area contributed by atoms with Gasteiger partial charge in [-0.25, -0.2) is 4.79 Å². The van der Waals surface area contributed by atoms with E-state index in [0.29, 0.717) is 29.2 Å². The molecule has 0 bridgehead atoms. The van der Waals surface area contributed by atoms with Crippen molar-refractivity contribution in [1.29, 1.82) is 0 Å². The standard InChI is InChI=1S/C30H32ClNO4/c1-17-7-9-20(10-8-17)25-18(2)23-15-32(28(33)21-11-13-22(31)14-12-21)16-24(23)19(3)26(25)27(29(34)35)36-30(4,5)6/h7-14,27H,15-16H2,1-6H3,(H,34,35). The molecule has 1 heterocycles. The predicted molar refractivity (Wildman–Crippen MR) is 142 cm³/mol. The largest absolute Gasteiger partial charge is 0.479 e. The third-order valence-electron chi connectivity index (χ3n) is 6.69. The van der Waals surface area contributed by atoms with Gasteiger partial charge in [-0.3, -0.25) is 4.79 Å². The molecule has 0 radical (unpaired) electrons. The number of carbonyl (C=O) groups excluding carboxylic acids is 1. The molecule has 3 aromatic carbocycles. The molecule has 188 valence electrons. The molecule has 0 spiro atoms. The third kappa shape index (κ3) is 5.04. The molecule has 4 rings (SSSR count). The van der Waals surface area contributed by atoms with Crippen LogP contribution in [0.2, 0.25) is 5.02 Å². The Kier molecular flexibility index (Phi) is 7.00. The van der Waals surface area contributed by atoms with Gasteiger partial charge in [-0.05, 0) is 99.2 Å². The molecule has 1 N–H and O–H groups in total. The number of hydrogen-bond donors (Lipinski definition) is 1. The molecular weight excluding hydrogens is 474 g/mol. The Labute approximate surface area is 217 Å². The van der Waals surface area contributed by atoms with Crippen molar-refractivity contribution in [3.63, 3.8) is 0 Å². The summed E-state index contributed by atoms with van der Waals surface area (Å²) in [6.45, 7) is 12.4. The van der Waals surface area contributed by atoms with Crippen LogP contribution < -0.4 is 0 Å². The number of amides is 1. The van der Waals surface area contributed by atoms with Crippen molar-refractivity contribution in [2.75, 3.05) is 0 Å². The third-order valence-corrected chi connectivity index (χ3v) is 6.94. The first kappa shape index (κ1) is 25.9. The van der Waals surface area contributed by atoms with Crippen molar-refractivity contribution in [3.8, 4) is 11.1 Å². The quantitative estimate of drug-likeness (QED) is 0.404. The minimum atomic E-state index is -1.15. The molecule has 36 heavy (non-hydrogen) atoms. The van der Waals surface area contributed by atoms with Crippen LogP contribution in [0.1, 0.15) is 70.6 Å². The maximum absolute atomic E-state index is 13.3. The summed E-state index contributed by atoms with van der Waals surface area (Å²) in [6.07, 6.45) is -1.15.